The van der Waals surface area contributed by atoms with Gasteiger partial charge in [0, 0.05) is 28.8 Å². The van der Waals surface area contributed by atoms with Crippen molar-refractivity contribution < 1.29 is 0 Å². The standard InChI is InChI=1S/C27H19BrN2/c28-26-15-19(23-9-3-1-7-20(23)16-29)13-14-22(26)18-30-17-21-8-2-4-10-24(21)25-11-5-6-12-27(25)30/h1-15H,17-18H2. The molecule has 0 fully saturated rings. The van der Waals surface area contributed by atoms with Crippen LogP contribution < -0.4 is 4.90 Å². The number of nitriles is 1. The van der Waals surface area contributed by atoms with E-state index in [1.54, 1.807) is 0 Å². The Morgan fingerprint density at radius 1 is 0.800 bits per heavy atom. The van der Waals surface area contributed by atoms with Crippen molar-refractivity contribution in [3.05, 3.63) is 112 Å². The molecule has 1 aliphatic rings. The number of halogens is 1. The number of fused-ring (bicyclic) bond motifs is 3. The molecule has 1 heterocycles. The summed E-state index contributed by atoms with van der Waals surface area (Å²) >= 11 is 3.78. The highest BCUT2D eigenvalue weighted by Crippen LogP contribution is 2.40. The van der Waals surface area contributed by atoms with E-state index in [9.17, 15) is 5.26 Å². The van der Waals surface area contributed by atoms with Crippen LogP contribution in [-0.4, -0.2) is 0 Å². The summed E-state index contributed by atoms with van der Waals surface area (Å²) in [6.45, 7) is 1.70. The van der Waals surface area contributed by atoms with Crippen molar-refractivity contribution in [2.45, 2.75) is 13.1 Å². The predicted molar refractivity (Wildman–Crippen MR) is 126 cm³/mol. The van der Waals surface area contributed by atoms with E-state index >= 15 is 0 Å². The Bertz CT molecular complexity index is 1290. The van der Waals surface area contributed by atoms with Crippen LogP contribution in [0.3, 0.4) is 0 Å². The highest BCUT2D eigenvalue weighted by Gasteiger charge is 2.22. The van der Waals surface area contributed by atoms with E-state index in [1.165, 1.54) is 27.9 Å². The lowest BCUT2D eigenvalue weighted by Gasteiger charge is -2.33. The Kier molecular flexibility index (Phi) is 4.86. The molecular formula is C27H19BrN2. The summed E-state index contributed by atoms with van der Waals surface area (Å²) in [6, 6.07) is 33.7. The topological polar surface area (TPSA) is 27.0 Å². The fourth-order valence-electron chi connectivity index (χ4n) is 4.21. The van der Waals surface area contributed by atoms with Crippen LogP contribution in [0.2, 0.25) is 0 Å². The Morgan fingerprint density at radius 3 is 2.30 bits per heavy atom. The maximum Gasteiger partial charge on any atom is 0.0998 e. The zero-order valence-electron chi connectivity index (χ0n) is 16.3. The molecule has 4 aromatic rings. The number of hydrogen-bond acceptors (Lipinski definition) is 2. The minimum Gasteiger partial charge on any atom is -0.362 e. The van der Waals surface area contributed by atoms with Crippen LogP contribution in [0.15, 0.2) is 95.5 Å². The van der Waals surface area contributed by atoms with Gasteiger partial charge in [-0.3, -0.25) is 0 Å². The van der Waals surface area contributed by atoms with Gasteiger partial charge >= 0.3 is 0 Å². The quantitative estimate of drug-likeness (QED) is 0.330. The molecule has 0 saturated heterocycles. The minimum atomic E-state index is 0.693. The van der Waals surface area contributed by atoms with Crippen molar-refractivity contribution in [1.29, 1.82) is 5.26 Å². The highest BCUT2D eigenvalue weighted by molar-refractivity contribution is 9.10. The first kappa shape index (κ1) is 18.7. The number of hydrogen-bond donors (Lipinski definition) is 0. The monoisotopic (exact) mass is 450 g/mol. The van der Waals surface area contributed by atoms with E-state index in [4.69, 9.17) is 0 Å². The summed E-state index contributed by atoms with van der Waals surface area (Å²) in [5.74, 6) is 0. The van der Waals surface area contributed by atoms with E-state index in [0.717, 1.165) is 28.7 Å². The lowest BCUT2D eigenvalue weighted by molar-refractivity contribution is 0.790. The Balaban J connectivity index is 1.49. The summed E-state index contributed by atoms with van der Waals surface area (Å²) in [4.78, 5) is 2.43. The van der Waals surface area contributed by atoms with Gasteiger partial charge in [0.15, 0.2) is 0 Å². The summed E-state index contributed by atoms with van der Waals surface area (Å²) in [5.41, 5.74) is 9.16. The van der Waals surface area contributed by atoms with Crippen LogP contribution in [0.1, 0.15) is 16.7 Å². The number of rotatable bonds is 3. The maximum absolute atomic E-state index is 9.42. The van der Waals surface area contributed by atoms with Crippen molar-refractivity contribution in [2.75, 3.05) is 4.90 Å². The normalized spacial score (nSPS) is 12.1. The number of anilines is 1. The van der Waals surface area contributed by atoms with Crippen LogP contribution in [0.25, 0.3) is 22.3 Å². The van der Waals surface area contributed by atoms with Gasteiger partial charge in [-0.15, -0.1) is 0 Å². The first-order chi connectivity index (χ1) is 14.7. The molecule has 0 aromatic heterocycles. The molecule has 0 radical (unpaired) electrons. The second-order valence-corrected chi connectivity index (χ2v) is 8.35. The molecule has 1 aliphatic heterocycles. The molecule has 4 aromatic carbocycles. The minimum absolute atomic E-state index is 0.693. The van der Waals surface area contributed by atoms with Gasteiger partial charge in [0.25, 0.3) is 0 Å². The first-order valence-electron chi connectivity index (χ1n) is 9.95. The van der Waals surface area contributed by atoms with Gasteiger partial charge in [0.05, 0.1) is 11.6 Å². The number of nitrogens with zero attached hydrogens (tertiary/aromatic N) is 2. The molecule has 0 bridgehead atoms. The average molecular weight is 451 g/mol. The van der Waals surface area contributed by atoms with Crippen molar-refractivity contribution in [2.24, 2.45) is 0 Å². The molecule has 0 amide bonds. The smallest absolute Gasteiger partial charge is 0.0998 e. The van der Waals surface area contributed by atoms with E-state index in [2.05, 4.69) is 93.6 Å². The lowest BCUT2D eigenvalue weighted by Crippen LogP contribution is -2.26. The molecule has 2 nitrogen and oxygen atoms in total. The van der Waals surface area contributed by atoms with Crippen LogP contribution >= 0.6 is 15.9 Å². The van der Waals surface area contributed by atoms with Crippen molar-refractivity contribution >= 4 is 21.6 Å². The number of para-hydroxylation sites is 1. The summed E-state index contributed by atoms with van der Waals surface area (Å²) in [7, 11) is 0. The summed E-state index contributed by atoms with van der Waals surface area (Å²) in [5, 5.41) is 9.42. The molecule has 0 saturated carbocycles. The molecule has 5 rings (SSSR count). The third kappa shape index (κ3) is 3.30. The largest absolute Gasteiger partial charge is 0.362 e. The van der Waals surface area contributed by atoms with Crippen molar-refractivity contribution in [1.82, 2.24) is 0 Å². The molecule has 0 spiro atoms. The Labute approximate surface area is 185 Å². The van der Waals surface area contributed by atoms with E-state index in [-0.39, 0.29) is 0 Å². The SMILES string of the molecule is N#Cc1ccccc1-c1ccc(CN2Cc3ccccc3-c3ccccc32)c(Br)c1. The Morgan fingerprint density at radius 2 is 1.50 bits per heavy atom. The molecular weight excluding hydrogens is 432 g/mol. The first-order valence-corrected chi connectivity index (χ1v) is 10.7. The molecule has 0 atom stereocenters. The van der Waals surface area contributed by atoms with Gasteiger partial charge in [-0.2, -0.15) is 5.26 Å². The second kappa shape index (κ2) is 7.82. The second-order valence-electron chi connectivity index (χ2n) is 7.49. The van der Waals surface area contributed by atoms with Gasteiger partial charge in [0.1, 0.15) is 0 Å². The zero-order valence-corrected chi connectivity index (χ0v) is 17.9. The van der Waals surface area contributed by atoms with E-state index < -0.39 is 0 Å². The van der Waals surface area contributed by atoms with Crippen LogP contribution in [0.5, 0.6) is 0 Å². The van der Waals surface area contributed by atoms with Crippen molar-refractivity contribution in [3.63, 3.8) is 0 Å². The molecule has 3 heteroatoms. The van der Waals surface area contributed by atoms with Gasteiger partial charge in [-0.05, 0) is 46.0 Å². The van der Waals surface area contributed by atoms with Gasteiger partial charge in [-0.25, -0.2) is 0 Å². The van der Waals surface area contributed by atoms with Crippen LogP contribution in [0, 0.1) is 11.3 Å². The summed E-state index contributed by atoms with van der Waals surface area (Å²) < 4.78 is 1.06. The maximum atomic E-state index is 9.42. The molecule has 30 heavy (non-hydrogen) atoms. The van der Waals surface area contributed by atoms with Crippen molar-refractivity contribution in [3.8, 4) is 28.3 Å². The fraction of sp³-hybridized carbons (Fsp3) is 0.0741. The van der Waals surface area contributed by atoms with E-state index in [0.29, 0.717) is 5.56 Å². The van der Waals surface area contributed by atoms with Crippen LogP contribution in [-0.2, 0) is 13.1 Å². The molecule has 0 unspecified atom stereocenters. The molecule has 144 valence electrons. The van der Waals surface area contributed by atoms with Gasteiger partial charge < -0.3 is 4.90 Å². The predicted octanol–water partition coefficient (Wildman–Crippen LogP) is 7.17. The fourth-order valence-corrected chi connectivity index (χ4v) is 4.72. The molecule has 0 aliphatic carbocycles. The van der Waals surface area contributed by atoms with Crippen LogP contribution in [0.4, 0.5) is 5.69 Å². The lowest BCUT2D eigenvalue weighted by atomic mass is 9.93. The third-order valence-electron chi connectivity index (χ3n) is 5.69. The Hall–Kier alpha value is -3.35. The van der Waals surface area contributed by atoms with E-state index in [1.807, 2.05) is 24.3 Å². The highest BCUT2D eigenvalue weighted by atomic mass is 79.9. The summed E-state index contributed by atoms with van der Waals surface area (Å²) in [6.07, 6.45) is 0. The molecule has 0 N–H and O–H groups in total. The van der Waals surface area contributed by atoms with Gasteiger partial charge in [0.2, 0.25) is 0 Å². The average Bonchev–Trinajstić information content (AvgIpc) is 2.80. The third-order valence-corrected chi connectivity index (χ3v) is 6.42. The van der Waals surface area contributed by atoms with Gasteiger partial charge in [-0.1, -0.05) is 88.7 Å². The number of benzene rings is 4. The zero-order chi connectivity index (χ0) is 20.5.